The molecule has 2 aromatic carbocycles. The fourth-order valence-electron chi connectivity index (χ4n) is 2.19. The van der Waals surface area contributed by atoms with Gasteiger partial charge in [0.1, 0.15) is 0 Å². The molecule has 7 heteroatoms. The van der Waals surface area contributed by atoms with E-state index in [2.05, 4.69) is 10.6 Å². The van der Waals surface area contributed by atoms with Crippen molar-refractivity contribution in [3.8, 4) is 0 Å². The zero-order chi connectivity index (χ0) is 15.9. The van der Waals surface area contributed by atoms with E-state index >= 15 is 0 Å². The van der Waals surface area contributed by atoms with Crippen LogP contribution in [0.25, 0.3) is 0 Å². The first kappa shape index (κ1) is 14.8. The molecule has 0 spiro atoms. The Morgan fingerprint density at radius 2 is 1.91 bits per heavy atom. The minimum Gasteiger partial charge on any atom is -0.352 e. The van der Waals surface area contributed by atoms with Gasteiger partial charge in [0.15, 0.2) is 0 Å². The van der Waals surface area contributed by atoms with Crippen LogP contribution in [-0.2, 0) is 11.0 Å². The maximum atomic E-state index is 13.0. The molecule has 1 heterocycles. The number of hydrogen-bond acceptors (Lipinski definition) is 3. The van der Waals surface area contributed by atoms with Crippen LogP contribution in [-0.4, -0.2) is 5.91 Å². The largest absolute Gasteiger partial charge is 0.416 e. The van der Waals surface area contributed by atoms with Crippen LogP contribution in [0.2, 0.25) is 0 Å². The molecule has 0 unspecified atom stereocenters. The summed E-state index contributed by atoms with van der Waals surface area (Å²) in [6.07, 6.45) is -4.47. The standard InChI is InChI=1S/C15H11F3N2OS/c1-8(21)19-11-6-9(15(16,17)18)7-13-14(11)20-10-4-2-3-5-12(10)22-13/h2-7,20H,1H3,(H,19,21). The monoisotopic (exact) mass is 324 g/mol. The maximum Gasteiger partial charge on any atom is 0.416 e. The zero-order valence-corrected chi connectivity index (χ0v) is 12.2. The first-order valence-corrected chi connectivity index (χ1v) is 7.23. The molecule has 0 saturated carbocycles. The van der Waals surface area contributed by atoms with E-state index in [-0.39, 0.29) is 5.69 Å². The molecule has 0 fully saturated rings. The van der Waals surface area contributed by atoms with Crippen LogP contribution in [0, 0.1) is 0 Å². The Morgan fingerprint density at radius 1 is 1.18 bits per heavy atom. The van der Waals surface area contributed by atoms with Gasteiger partial charge >= 0.3 is 6.18 Å². The number of amides is 1. The second-order valence-corrected chi connectivity index (χ2v) is 5.88. The Hall–Kier alpha value is -2.15. The van der Waals surface area contributed by atoms with Crippen LogP contribution < -0.4 is 10.6 Å². The molecule has 114 valence electrons. The number of fused-ring (bicyclic) bond motifs is 2. The van der Waals surface area contributed by atoms with Crippen molar-refractivity contribution in [2.45, 2.75) is 22.9 Å². The lowest BCUT2D eigenvalue weighted by Crippen LogP contribution is -2.13. The summed E-state index contributed by atoms with van der Waals surface area (Å²) >= 11 is 1.24. The van der Waals surface area contributed by atoms with Crippen LogP contribution >= 0.6 is 11.8 Å². The van der Waals surface area contributed by atoms with Crippen molar-refractivity contribution in [3.63, 3.8) is 0 Å². The van der Waals surface area contributed by atoms with E-state index in [1.54, 1.807) is 0 Å². The van der Waals surface area contributed by atoms with Crippen LogP contribution in [0.1, 0.15) is 12.5 Å². The summed E-state index contributed by atoms with van der Waals surface area (Å²) in [5.74, 6) is -0.424. The van der Waals surface area contributed by atoms with Crippen molar-refractivity contribution in [1.82, 2.24) is 0 Å². The third-order valence-corrected chi connectivity index (χ3v) is 4.22. The minimum absolute atomic E-state index is 0.124. The highest BCUT2D eigenvalue weighted by atomic mass is 32.2. The van der Waals surface area contributed by atoms with E-state index in [9.17, 15) is 18.0 Å². The highest BCUT2D eigenvalue weighted by molar-refractivity contribution is 7.99. The van der Waals surface area contributed by atoms with Gasteiger partial charge in [-0.25, -0.2) is 0 Å². The van der Waals surface area contributed by atoms with Gasteiger partial charge in [0.25, 0.3) is 0 Å². The van der Waals surface area contributed by atoms with Gasteiger partial charge in [-0.3, -0.25) is 4.79 Å². The molecule has 2 N–H and O–H groups in total. The Bertz CT molecular complexity index is 759. The molecule has 0 bridgehead atoms. The lowest BCUT2D eigenvalue weighted by Gasteiger charge is -2.24. The number of nitrogens with one attached hydrogen (secondary N) is 2. The number of para-hydroxylation sites is 1. The molecule has 0 aromatic heterocycles. The van der Waals surface area contributed by atoms with E-state index in [4.69, 9.17) is 0 Å². The molecule has 22 heavy (non-hydrogen) atoms. The van der Waals surface area contributed by atoms with Crippen LogP contribution in [0.4, 0.5) is 30.2 Å². The molecule has 1 aliphatic heterocycles. The Morgan fingerprint density at radius 3 is 2.59 bits per heavy atom. The third-order valence-electron chi connectivity index (χ3n) is 3.11. The summed E-state index contributed by atoms with van der Waals surface area (Å²) in [6, 6.07) is 9.35. The Balaban J connectivity index is 2.13. The van der Waals surface area contributed by atoms with Gasteiger partial charge in [0, 0.05) is 16.7 Å². The number of carbonyl (C=O) groups excluding carboxylic acids is 1. The lowest BCUT2D eigenvalue weighted by atomic mass is 10.1. The maximum absolute atomic E-state index is 13.0. The number of anilines is 3. The quantitative estimate of drug-likeness (QED) is 0.671. The van der Waals surface area contributed by atoms with Crippen molar-refractivity contribution < 1.29 is 18.0 Å². The first-order valence-electron chi connectivity index (χ1n) is 6.41. The molecule has 3 rings (SSSR count). The number of alkyl halides is 3. The summed E-state index contributed by atoms with van der Waals surface area (Å²) in [6.45, 7) is 1.26. The van der Waals surface area contributed by atoms with Crippen LogP contribution in [0.15, 0.2) is 46.2 Å². The predicted octanol–water partition coefficient (Wildman–Crippen LogP) is 4.87. The van der Waals surface area contributed by atoms with Crippen LogP contribution in [0.5, 0.6) is 0 Å². The molecule has 3 nitrogen and oxygen atoms in total. The average molecular weight is 324 g/mol. The van der Waals surface area contributed by atoms with E-state index < -0.39 is 17.6 Å². The molecule has 1 aliphatic rings. The number of rotatable bonds is 1. The molecule has 0 saturated heterocycles. The lowest BCUT2D eigenvalue weighted by molar-refractivity contribution is -0.137. The molecule has 2 aromatic rings. The molecular weight excluding hydrogens is 313 g/mol. The Labute approximate surface area is 128 Å². The van der Waals surface area contributed by atoms with Crippen LogP contribution in [0.3, 0.4) is 0 Å². The van der Waals surface area contributed by atoms with E-state index in [0.717, 1.165) is 22.7 Å². The molecule has 0 radical (unpaired) electrons. The van der Waals surface area contributed by atoms with Gasteiger partial charge in [-0.05, 0) is 24.3 Å². The molecule has 1 amide bonds. The van der Waals surface area contributed by atoms with Crippen molar-refractivity contribution in [2.75, 3.05) is 10.6 Å². The first-order chi connectivity index (χ1) is 10.3. The van der Waals surface area contributed by atoms with Gasteiger partial charge in [-0.1, -0.05) is 23.9 Å². The summed E-state index contributed by atoms with van der Waals surface area (Å²) < 4.78 is 39.1. The topological polar surface area (TPSA) is 41.1 Å². The summed E-state index contributed by atoms with van der Waals surface area (Å²) in [5.41, 5.74) is 0.612. The highest BCUT2D eigenvalue weighted by Crippen LogP contribution is 2.49. The minimum atomic E-state index is -4.47. The van der Waals surface area contributed by atoms with Crippen molar-refractivity contribution >= 4 is 34.7 Å². The second-order valence-electron chi connectivity index (χ2n) is 4.80. The van der Waals surface area contributed by atoms with E-state index in [0.29, 0.717) is 10.6 Å². The summed E-state index contributed by atoms with van der Waals surface area (Å²) in [4.78, 5) is 12.5. The fraction of sp³-hybridized carbons (Fsp3) is 0.133. The normalized spacial score (nSPS) is 12.9. The smallest absolute Gasteiger partial charge is 0.352 e. The van der Waals surface area contributed by atoms with Gasteiger partial charge < -0.3 is 10.6 Å². The number of halogens is 3. The SMILES string of the molecule is CC(=O)Nc1cc(C(F)(F)F)cc2c1Nc1ccccc1S2. The number of hydrogen-bond donors (Lipinski definition) is 2. The average Bonchev–Trinajstić information content (AvgIpc) is 2.43. The Kier molecular flexibility index (Phi) is 3.52. The summed E-state index contributed by atoms with van der Waals surface area (Å²) in [5, 5.41) is 5.55. The molecule has 0 atom stereocenters. The van der Waals surface area contributed by atoms with Crippen molar-refractivity contribution in [1.29, 1.82) is 0 Å². The molecule has 0 aliphatic carbocycles. The zero-order valence-electron chi connectivity index (χ0n) is 11.4. The van der Waals surface area contributed by atoms with Gasteiger partial charge in [0.05, 0.1) is 22.6 Å². The van der Waals surface area contributed by atoms with Gasteiger partial charge in [-0.15, -0.1) is 0 Å². The van der Waals surface area contributed by atoms with Crippen molar-refractivity contribution in [3.05, 3.63) is 42.0 Å². The molecular formula is C15H11F3N2OS. The predicted molar refractivity (Wildman–Crippen MR) is 79.6 cm³/mol. The number of benzene rings is 2. The fourth-order valence-corrected chi connectivity index (χ4v) is 3.25. The van der Waals surface area contributed by atoms with Crippen molar-refractivity contribution in [2.24, 2.45) is 0 Å². The second kappa shape index (κ2) is 5.24. The summed E-state index contributed by atoms with van der Waals surface area (Å²) in [7, 11) is 0. The highest BCUT2D eigenvalue weighted by Gasteiger charge is 2.33. The van der Waals surface area contributed by atoms with Gasteiger partial charge in [0.2, 0.25) is 5.91 Å². The third kappa shape index (κ3) is 2.76. The van der Waals surface area contributed by atoms with E-state index in [1.165, 1.54) is 18.7 Å². The van der Waals surface area contributed by atoms with E-state index in [1.807, 2.05) is 24.3 Å². The van der Waals surface area contributed by atoms with Gasteiger partial charge in [-0.2, -0.15) is 13.2 Å². The number of carbonyl (C=O) groups is 1.